The van der Waals surface area contributed by atoms with E-state index in [0.717, 1.165) is 4.57 Å². The van der Waals surface area contributed by atoms with E-state index in [1.807, 2.05) is 0 Å². The molecule has 0 saturated carbocycles. The van der Waals surface area contributed by atoms with Crippen molar-refractivity contribution in [1.82, 2.24) is 14.5 Å². The molecule has 2 heterocycles. The maximum Gasteiger partial charge on any atom is 0.435 e. The summed E-state index contributed by atoms with van der Waals surface area (Å²) in [6.45, 7) is -0.882. The lowest BCUT2D eigenvalue weighted by Gasteiger charge is -2.39. The van der Waals surface area contributed by atoms with E-state index in [1.54, 1.807) is 0 Å². The van der Waals surface area contributed by atoms with Crippen molar-refractivity contribution in [2.75, 3.05) is 26.8 Å². The minimum Gasteiger partial charge on any atom is -0.394 e. The summed E-state index contributed by atoms with van der Waals surface area (Å²) in [4.78, 5) is 27.0. The molecule has 4 N–H and O–H groups in total. The number of hydrogen-bond donors (Lipinski definition) is 4. The van der Waals surface area contributed by atoms with Crippen molar-refractivity contribution in [2.24, 2.45) is 0 Å². The van der Waals surface area contributed by atoms with Crippen LogP contribution in [-0.4, -0.2) is 103 Å². The van der Waals surface area contributed by atoms with Gasteiger partial charge in [0.25, 0.3) is 5.91 Å². The summed E-state index contributed by atoms with van der Waals surface area (Å²) in [6, 6.07) is 0. The number of aliphatic hydroxyl groups is 4. The Morgan fingerprint density at radius 2 is 2.11 bits per heavy atom. The lowest BCUT2D eigenvalue weighted by atomic mass is 9.99. The van der Waals surface area contributed by atoms with Crippen LogP contribution in [0.3, 0.4) is 0 Å². The largest absolute Gasteiger partial charge is 0.435 e. The monoisotopic (exact) mass is 390 g/mol. The molecular weight excluding hydrogens is 368 g/mol. The van der Waals surface area contributed by atoms with Crippen LogP contribution in [-0.2, 0) is 20.8 Å². The molecule has 13 heteroatoms. The molecule has 152 valence electrons. The van der Waals surface area contributed by atoms with Crippen LogP contribution in [0, 0.1) is 10.1 Å². The van der Waals surface area contributed by atoms with Crippen LogP contribution in [0.4, 0.5) is 5.95 Å². The standard InChI is InChI=1S/C14H22N4O9/c1-16(9(20)6-17-3-2-15-14(17)18(24)25)4-5-26-13-12(23)11(22)10(21)8(7-19)27-13/h2-3,8,10-13,19,21-23H,4-7H2,1H3/t8-,10-,11+,12+,13-/m1/s1. The highest BCUT2D eigenvalue weighted by atomic mass is 16.7. The van der Waals surface area contributed by atoms with E-state index >= 15 is 0 Å². The number of nitro groups is 1. The van der Waals surface area contributed by atoms with Crippen molar-refractivity contribution < 1.29 is 39.6 Å². The van der Waals surface area contributed by atoms with Gasteiger partial charge < -0.3 is 44.9 Å². The van der Waals surface area contributed by atoms with Gasteiger partial charge in [0.1, 0.15) is 36.8 Å². The number of ether oxygens (including phenoxy) is 2. The molecule has 5 atom stereocenters. The molecule has 0 spiro atoms. The van der Waals surface area contributed by atoms with E-state index in [0.29, 0.717) is 0 Å². The predicted octanol–water partition coefficient (Wildman–Crippen LogP) is -2.93. The SMILES string of the molecule is CN(CCO[C@@H]1O[C@H](CO)[C@@H](O)[C@H](O)[C@@H]1O)C(=O)Cn1ccnc1[N+](=O)[O-]. The fraction of sp³-hybridized carbons (Fsp3) is 0.714. The minimum absolute atomic E-state index is 0.0658. The van der Waals surface area contributed by atoms with Crippen molar-refractivity contribution in [3.05, 3.63) is 22.5 Å². The topological polar surface area (TPSA) is 181 Å². The Morgan fingerprint density at radius 1 is 1.41 bits per heavy atom. The number of hydrogen-bond acceptors (Lipinski definition) is 10. The molecule has 1 aromatic rings. The summed E-state index contributed by atoms with van der Waals surface area (Å²) in [7, 11) is 1.46. The molecule has 0 unspecified atom stereocenters. The van der Waals surface area contributed by atoms with Crippen LogP contribution in [0.25, 0.3) is 0 Å². The zero-order valence-electron chi connectivity index (χ0n) is 14.5. The van der Waals surface area contributed by atoms with E-state index < -0.39 is 54.1 Å². The van der Waals surface area contributed by atoms with Gasteiger partial charge in [-0.05, 0) is 4.92 Å². The highest BCUT2D eigenvalue weighted by molar-refractivity contribution is 5.75. The van der Waals surface area contributed by atoms with Gasteiger partial charge >= 0.3 is 5.95 Å². The molecule has 1 aliphatic heterocycles. The van der Waals surface area contributed by atoms with Crippen molar-refractivity contribution >= 4 is 11.9 Å². The maximum absolute atomic E-state index is 12.1. The Morgan fingerprint density at radius 3 is 2.74 bits per heavy atom. The number of aromatic nitrogens is 2. The summed E-state index contributed by atoms with van der Waals surface area (Å²) in [5.74, 6) is -0.886. The van der Waals surface area contributed by atoms with Crippen molar-refractivity contribution in [2.45, 2.75) is 37.3 Å². The number of rotatable bonds is 8. The van der Waals surface area contributed by atoms with Gasteiger partial charge in [-0.2, -0.15) is 0 Å². The molecule has 2 rings (SSSR count). The van der Waals surface area contributed by atoms with Gasteiger partial charge in [0.2, 0.25) is 0 Å². The molecule has 27 heavy (non-hydrogen) atoms. The van der Waals surface area contributed by atoms with Crippen LogP contribution in [0.15, 0.2) is 12.4 Å². The zero-order valence-corrected chi connectivity index (χ0v) is 14.5. The average Bonchev–Trinajstić information content (AvgIpc) is 3.09. The van der Waals surface area contributed by atoms with Crippen molar-refractivity contribution in [3.8, 4) is 0 Å². The smallest absolute Gasteiger partial charge is 0.394 e. The summed E-state index contributed by atoms with van der Waals surface area (Å²) in [5.41, 5.74) is 0. The molecule has 1 fully saturated rings. The first-order valence-corrected chi connectivity index (χ1v) is 8.07. The fourth-order valence-electron chi connectivity index (χ4n) is 2.50. The summed E-state index contributed by atoms with van der Waals surface area (Å²) < 4.78 is 11.6. The molecule has 1 saturated heterocycles. The van der Waals surface area contributed by atoms with E-state index in [1.165, 1.54) is 24.3 Å². The second kappa shape index (κ2) is 9.16. The first-order valence-electron chi connectivity index (χ1n) is 8.07. The van der Waals surface area contributed by atoms with Crippen LogP contribution < -0.4 is 0 Å². The quantitative estimate of drug-likeness (QED) is 0.265. The van der Waals surface area contributed by atoms with Gasteiger partial charge in [0.05, 0.1) is 13.2 Å². The third-order valence-corrected chi connectivity index (χ3v) is 4.15. The Bertz CT molecular complexity index is 652. The first-order chi connectivity index (χ1) is 12.8. The number of nitrogens with zero attached hydrogens (tertiary/aromatic N) is 4. The lowest BCUT2D eigenvalue weighted by Crippen LogP contribution is -2.59. The predicted molar refractivity (Wildman–Crippen MR) is 86.2 cm³/mol. The number of aliphatic hydroxyl groups excluding tert-OH is 4. The van der Waals surface area contributed by atoms with Gasteiger partial charge in [-0.1, -0.05) is 4.98 Å². The third-order valence-electron chi connectivity index (χ3n) is 4.15. The Kier molecular flexibility index (Phi) is 7.18. The van der Waals surface area contributed by atoms with E-state index in [2.05, 4.69) is 4.98 Å². The average molecular weight is 390 g/mol. The summed E-state index contributed by atoms with van der Waals surface area (Å²) >= 11 is 0. The highest BCUT2D eigenvalue weighted by Gasteiger charge is 2.43. The van der Waals surface area contributed by atoms with Gasteiger partial charge in [0.15, 0.2) is 12.8 Å². The summed E-state index contributed by atoms with van der Waals surface area (Å²) in [6.07, 6.45) is -4.42. The van der Waals surface area contributed by atoms with Gasteiger partial charge in [0, 0.05) is 13.6 Å². The van der Waals surface area contributed by atoms with Crippen molar-refractivity contribution in [3.63, 3.8) is 0 Å². The number of carbonyl (C=O) groups is 1. The Hall–Kier alpha value is -2.16. The number of amides is 1. The van der Waals surface area contributed by atoms with Crippen molar-refractivity contribution in [1.29, 1.82) is 0 Å². The van der Waals surface area contributed by atoms with Gasteiger partial charge in [-0.3, -0.25) is 4.79 Å². The molecule has 0 radical (unpaired) electrons. The molecule has 13 nitrogen and oxygen atoms in total. The second-order valence-electron chi connectivity index (χ2n) is 6.00. The first kappa shape index (κ1) is 21.1. The molecule has 0 aromatic carbocycles. The zero-order chi connectivity index (χ0) is 20.1. The minimum atomic E-state index is -1.55. The highest BCUT2D eigenvalue weighted by Crippen LogP contribution is 2.21. The van der Waals surface area contributed by atoms with Crippen LogP contribution in [0.5, 0.6) is 0 Å². The molecule has 1 aliphatic rings. The number of likely N-dealkylation sites (N-methyl/N-ethyl adjacent to an activating group) is 1. The molecular formula is C14H22N4O9. The Labute approximate surface area is 153 Å². The fourth-order valence-corrected chi connectivity index (χ4v) is 2.50. The van der Waals surface area contributed by atoms with E-state index in [9.17, 15) is 30.2 Å². The third kappa shape index (κ3) is 4.97. The maximum atomic E-state index is 12.1. The van der Waals surface area contributed by atoms with Gasteiger partial charge in [-0.25, -0.2) is 4.57 Å². The Balaban J connectivity index is 1.82. The summed E-state index contributed by atoms with van der Waals surface area (Å²) in [5, 5.41) is 49.1. The normalized spacial score (nSPS) is 28.1. The molecule has 1 amide bonds. The van der Waals surface area contributed by atoms with Crippen LogP contribution >= 0.6 is 0 Å². The number of carbonyl (C=O) groups excluding carboxylic acids is 1. The van der Waals surface area contributed by atoms with E-state index in [4.69, 9.17) is 14.6 Å². The second-order valence-corrected chi connectivity index (χ2v) is 6.00. The number of imidazole rings is 1. The lowest BCUT2D eigenvalue weighted by molar-refractivity contribution is -0.396. The van der Waals surface area contributed by atoms with E-state index in [-0.39, 0.29) is 19.7 Å². The van der Waals surface area contributed by atoms with Crippen LogP contribution in [0.1, 0.15) is 0 Å². The molecule has 1 aromatic heterocycles. The van der Waals surface area contributed by atoms with Crippen LogP contribution in [0.2, 0.25) is 0 Å². The molecule has 0 aliphatic carbocycles. The van der Waals surface area contributed by atoms with Gasteiger partial charge in [-0.15, -0.1) is 0 Å². The molecule has 0 bridgehead atoms.